The first kappa shape index (κ1) is 13.3. The number of anilines is 1. The second-order valence-electron chi connectivity index (χ2n) is 4.88. The van der Waals surface area contributed by atoms with Gasteiger partial charge in [0.05, 0.1) is 0 Å². The van der Waals surface area contributed by atoms with E-state index in [0.717, 1.165) is 34.4 Å². The van der Waals surface area contributed by atoms with Crippen LogP contribution in [0.2, 0.25) is 0 Å². The van der Waals surface area contributed by atoms with Gasteiger partial charge in [0.25, 0.3) is 5.89 Å². The summed E-state index contributed by atoms with van der Waals surface area (Å²) in [7, 11) is 0. The Balaban J connectivity index is 2.01. The van der Waals surface area contributed by atoms with Crippen LogP contribution in [0.15, 0.2) is 41.2 Å². The second-order valence-corrected chi connectivity index (χ2v) is 4.88. The molecular weight excluding hydrogens is 264 g/mol. The van der Waals surface area contributed by atoms with Gasteiger partial charge in [0, 0.05) is 29.2 Å². The molecule has 2 heterocycles. The average Bonchev–Trinajstić information content (AvgIpc) is 2.99. The molecule has 2 N–H and O–H groups in total. The zero-order valence-electron chi connectivity index (χ0n) is 12.0. The number of hydrogen-bond acceptors (Lipinski definition) is 5. The van der Waals surface area contributed by atoms with Crippen molar-refractivity contribution < 1.29 is 4.52 Å². The summed E-state index contributed by atoms with van der Waals surface area (Å²) in [5, 5.41) is 4.08. The highest BCUT2D eigenvalue weighted by Crippen LogP contribution is 2.26. The highest BCUT2D eigenvalue weighted by Gasteiger charge is 2.13. The fourth-order valence-electron chi connectivity index (χ4n) is 2.19. The molecule has 0 saturated heterocycles. The molecule has 0 radical (unpaired) electrons. The van der Waals surface area contributed by atoms with E-state index < -0.39 is 0 Å². The van der Waals surface area contributed by atoms with Crippen molar-refractivity contribution in [2.24, 2.45) is 0 Å². The van der Waals surface area contributed by atoms with Crippen molar-refractivity contribution in [3.05, 3.63) is 47.8 Å². The van der Waals surface area contributed by atoms with E-state index in [4.69, 9.17) is 10.3 Å². The number of nitrogen functional groups attached to an aromatic ring is 1. The van der Waals surface area contributed by atoms with Crippen LogP contribution in [0.3, 0.4) is 0 Å². The van der Waals surface area contributed by atoms with Crippen LogP contribution in [-0.2, 0) is 6.42 Å². The van der Waals surface area contributed by atoms with Gasteiger partial charge in [-0.2, -0.15) is 4.98 Å². The van der Waals surface area contributed by atoms with Gasteiger partial charge in [-0.3, -0.25) is 4.98 Å². The van der Waals surface area contributed by atoms with Crippen molar-refractivity contribution in [3.8, 4) is 22.8 Å². The van der Waals surface area contributed by atoms with Gasteiger partial charge in [0.2, 0.25) is 5.82 Å². The van der Waals surface area contributed by atoms with Gasteiger partial charge in [0.15, 0.2) is 0 Å². The van der Waals surface area contributed by atoms with Gasteiger partial charge >= 0.3 is 0 Å². The lowest BCUT2D eigenvalue weighted by Gasteiger charge is -2.01. The van der Waals surface area contributed by atoms with Gasteiger partial charge in [0.1, 0.15) is 0 Å². The SMILES string of the molecule is CCc1cnccc1-c1noc(-c2ccc(N)c(C)c2)n1. The number of hydrogen-bond donors (Lipinski definition) is 1. The monoisotopic (exact) mass is 280 g/mol. The summed E-state index contributed by atoms with van der Waals surface area (Å²) in [4.78, 5) is 8.61. The Morgan fingerprint density at radius 2 is 2.10 bits per heavy atom. The van der Waals surface area contributed by atoms with E-state index in [9.17, 15) is 0 Å². The molecule has 0 fully saturated rings. The lowest BCUT2D eigenvalue weighted by Crippen LogP contribution is -1.91. The summed E-state index contributed by atoms with van der Waals surface area (Å²) in [6, 6.07) is 7.58. The molecule has 3 aromatic rings. The van der Waals surface area contributed by atoms with E-state index in [1.165, 1.54) is 0 Å². The first-order valence-electron chi connectivity index (χ1n) is 6.82. The summed E-state index contributed by atoms with van der Waals surface area (Å²) >= 11 is 0. The van der Waals surface area contributed by atoms with E-state index in [-0.39, 0.29) is 0 Å². The summed E-state index contributed by atoms with van der Waals surface area (Å²) in [5.74, 6) is 1.07. The van der Waals surface area contributed by atoms with Crippen molar-refractivity contribution >= 4 is 5.69 Å². The topological polar surface area (TPSA) is 77.8 Å². The quantitative estimate of drug-likeness (QED) is 0.745. The van der Waals surface area contributed by atoms with E-state index in [0.29, 0.717) is 11.7 Å². The summed E-state index contributed by atoms with van der Waals surface area (Å²) in [6.45, 7) is 4.03. The zero-order valence-corrected chi connectivity index (χ0v) is 12.0. The molecule has 0 atom stereocenters. The Hall–Kier alpha value is -2.69. The maximum Gasteiger partial charge on any atom is 0.258 e. The normalized spacial score (nSPS) is 10.8. The van der Waals surface area contributed by atoms with Gasteiger partial charge in [-0.1, -0.05) is 12.1 Å². The largest absolute Gasteiger partial charge is 0.399 e. The van der Waals surface area contributed by atoms with Crippen molar-refractivity contribution in [1.82, 2.24) is 15.1 Å². The van der Waals surface area contributed by atoms with E-state index in [2.05, 4.69) is 22.0 Å². The predicted molar refractivity (Wildman–Crippen MR) is 81.5 cm³/mol. The molecule has 3 rings (SSSR count). The van der Waals surface area contributed by atoms with Crippen molar-refractivity contribution in [1.29, 1.82) is 0 Å². The number of aryl methyl sites for hydroxylation is 2. The second kappa shape index (κ2) is 5.36. The van der Waals surface area contributed by atoms with Crippen LogP contribution in [0.25, 0.3) is 22.8 Å². The van der Waals surface area contributed by atoms with Crippen LogP contribution in [0.5, 0.6) is 0 Å². The predicted octanol–water partition coefficient (Wildman–Crippen LogP) is 3.25. The van der Waals surface area contributed by atoms with Gasteiger partial charge in [-0.25, -0.2) is 0 Å². The highest BCUT2D eigenvalue weighted by molar-refractivity contribution is 5.64. The Morgan fingerprint density at radius 3 is 2.86 bits per heavy atom. The van der Waals surface area contributed by atoms with Crippen LogP contribution >= 0.6 is 0 Å². The molecule has 5 heteroatoms. The third kappa shape index (κ3) is 2.50. The van der Waals surface area contributed by atoms with Crippen LogP contribution in [-0.4, -0.2) is 15.1 Å². The van der Waals surface area contributed by atoms with Gasteiger partial charge in [-0.05, 0) is 48.7 Å². The molecular formula is C16H16N4O. The van der Waals surface area contributed by atoms with Crippen LogP contribution in [0.1, 0.15) is 18.1 Å². The maximum atomic E-state index is 5.83. The summed E-state index contributed by atoms with van der Waals surface area (Å²) in [5.41, 5.74) is 10.5. The molecule has 21 heavy (non-hydrogen) atoms. The molecule has 5 nitrogen and oxygen atoms in total. The van der Waals surface area contributed by atoms with Crippen molar-refractivity contribution in [2.75, 3.05) is 5.73 Å². The van der Waals surface area contributed by atoms with Crippen molar-refractivity contribution in [2.45, 2.75) is 20.3 Å². The molecule has 0 aliphatic heterocycles. The Labute approximate surface area is 122 Å². The highest BCUT2D eigenvalue weighted by atomic mass is 16.5. The molecule has 0 bridgehead atoms. The lowest BCUT2D eigenvalue weighted by atomic mass is 10.1. The van der Waals surface area contributed by atoms with E-state index in [1.807, 2.05) is 37.4 Å². The Bertz CT molecular complexity index is 779. The van der Waals surface area contributed by atoms with Gasteiger partial charge < -0.3 is 10.3 Å². The molecule has 0 aliphatic rings. The fourth-order valence-corrected chi connectivity index (χ4v) is 2.19. The molecule has 1 aromatic carbocycles. The molecule has 2 aromatic heterocycles. The molecule has 0 spiro atoms. The summed E-state index contributed by atoms with van der Waals surface area (Å²) in [6.07, 6.45) is 4.44. The molecule has 0 amide bonds. The fraction of sp³-hybridized carbons (Fsp3) is 0.188. The Kier molecular flexibility index (Phi) is 3.39. The third-order valence-corrected chi connectivity index (χ3v) is 3.47. The number of nitrogens with zero attached hydrogens (tertiary/aromatic N) is 3. The average molecular weight is 280 g/mol. The number of aromatic nitrogens is 3. The van der Waals surface area contributed by atoms with Crippen molar-refractivity contribution in [3.63, 3.8) is 0 Å². The smallest absolute Gasteiger partial charge is 0.258 e. The number of nitrogens with two attached hydrogens (primary N) is 1. The lowest BCUT2D eigenvalue weighted by molar-refractivity contribution is 0.432. The standard InChI is InChI=1S/C16H16N4O/c1-3-11-9-18-7-6-13(11)15-19-16(21-20-15)12-4-5-14(17)10(2)8-12/h4-9H,3,17H2,1-2H3. The Morgan fingerprint density at radius 1 is 1.24 bits per heavy atom. The van der Waals surface area contributed by atoms with E-state index in [1.54, 1.807) is 6.20 Å². The zero-order chi connectivity index (χ0) is 14.8. The first-order valence-corrected chi connectivity index (χ1v) is 6.82. The van der Waals surface area contributed by atoms with Crippen LogP contribution in [0, 0.1) is 6.92 Å². The van der Waals surface area contributed by atoms with Crippen LogP contribution < -0.4 is 5.73 Å². The molecule has 0 aliphatic carbocycles. The number of rotatable bonds is 3. The third-order valence-electron chi connectivity index (χ3n) is 3.47. The number of pyridine rings is 1. The maximum absolute atomic E-state index is 5.83. The molecule has 106 valence electrons. The number of benzene rings is 1. The minimum atomic E-state index is 0.493. The summed E-state index contributed by atoms with van der Waals surface area (Å²) < 4.78 is 5.38. The molecule has 0 saturated carbocycles. The first-order chi connectivity index (χ1) is 10.2. The van der Waals surface area contributed by atoms with E-state index >= 15 is 0 Å². The minimum Gasteiger partial charge on any atom is -0.399 e. The molecule has 0 unspecified atom stereocenters. The van der Waals surface area contributed by atoms with Crippen LogP contribution in [0.4, 0.5) is 5.69 Å². The minimum absolute atomic E-state index is 0.493. The van der Waals surface area contributed by atoms with Gasteiger partial charge in [-0.15, -0.1) is 0 Å².